The molecule has 5 nitrogen and oxygen atoms in total. The maximum Gasteiger partial charge on any atom is 0.417 e. The molecule has 0 amide bonds. The van der Waals surface area contributed by atoms with Crippen molar-refractivity contribution in [3.8, 4) is 28.6 Å². The normalized spacial score (nSPS) is 12.7. The van der Waals surface area contributed by atoms with Crippen LogP contribution in [0.15, 0.2) is 160 Å². The van der Waals surface area contributed by atoms with E-state index in [1.807, 2.05) is 84.9 Å². The minimum atomic E-state index is -5.25. The lowest BCUT2D eigenvalue weighted by Crippen LogP contribution is -2.16. The molecule has 0 unspecified atom stereocenters. The summed E-state index contributed by atoms with van der Waals surface area (Å²) in [6, 6.07) is 43.6. The number of hydrogen-bond donors (Lipinski definition) is 0. The summed E-state index contributed by atoms with van der Waals surface area (Å²) >= 11 is 0. The van der Waals surface area contributed by atoms with Crippen LogP contribution in [0.25, 0.3) is 110 Å². The van der Waals surface area contributed by atoms with Gasteiger partial charge in [-0.2, -0.15) is 31.6 Å². The Morgan fingerprint density at radius 2 is 0.823 bits per heavy atom. The Balaban J connectivity index is 1.37. The monoisotopic (exact) mass is 825 g/mol. The van der Waals surface area contributed by atoms with E-state index in [-0.39, 0.29) is 16.9 Å². The van der Waals surface area contributed by atoms with Crippen molar-refractivity contribution in [1.29, 1.82) is 5.26 Å². The molecule has 0 bridgehead atoms. The second-order valence-electron chi connectivity index (χ2n) is 15.3. The zero-order valence-corrected chi connectivity index (χ0v) is 31.9. The molecular formula is C51H25F6N3O2. The van der Waals surface area contributed by atoms with Crippen LogP contribution in [-0.2, 0) is 12.4 Å². The molecule has 0 aliphatic carbocycles. The number of nitrogens with zero attached hydrogens (tertiary/aromatic N) is 3. The van der Waals surface area contributed by atoms with Gasteiger partial charge < -0.3 is 18.0 Å². The molecule has 0 aliphatic heterocycles. The molecule has 0 fully saturated rings. The first-order valence-electron chi connectivity index (χ1n) is 19.5. The number of aromatic nitrogens is 2. The molecule has 0 saturated heterocycles. The molecule has 0 spiro atoms. The Hall–Kier alpha value is -7.97. The minimum absolute atomic E-state index is 0.0118. The smallest absolute Gasteiger partial charge is 0.417 e. The summed E-state index contributed by atoms with van der Waals surface area (Å²) in [5.74, 6) is 0. The van der Waals surface area contributed by atoms with E-state index in [0.29, 0.717) is 88.8 Å². The van der Waals surface area contributed by atoms with Gasteiger partial charge in [-0.25, -0.2) is 0 Å². The molecule has 4 heterocycles. The van der Waals surface area contributed by atoms with Crippen molar-refractivity contribution in [1.82, 2.24) is 9.13 Å². The van der Waals surface area contributed by atoms with Gasteiger partial charge >= 0.3 is 12.4 Å². The number of hydrogen-bond acceptors (Lipinski definition) is 3. The van der Waals surface area contributed by atoms with Gasteiger partial charge in [0.1, 0.15) is 11.2 Å². The van der Waals surface area contributed by atoms with Gasteiger partial charge in [0.25, 0.3) is 0 Å². The number of fused-ring (bicyclic) bond motifs is 14. The number of para-hydroxylation sites is 4. The average Bonchev–Trinajstić information content (AvgIpc) is 4.03. The van der Waals surface area contributed by atoms with Crippen molar-refractivity contribution in [2.45, 2.75) is 12.4 Å². The highest BCUT2D eigenvalue weighted by atomic mass is 19.4. The second-order valence-corrected chi connectivity index (χ2v) is 15.3. The molecule has 8 aromatic carbocycles. The number of benzene rings is 8. The van der Waals surface area contributed by atoms with E-state index < -0.39 is 34.6 Å². The van der Waals surface area contributed by atoms with Crippen molar-refractivity contribution in [3.05, 3.63) is 168 Å². The van der Waals surface area contributed by atoms with Crippen LogP contribution >= 0.6 is 0 Å². The maximum absolute atomic E-state index is 15.6. The lowest BCUT2D eigenvalue weighted by atomic mass is 9.89. The predicted molar refractivity (Wildman–Crippen MR) is 230 cm³/mol. The quantitative estimate of drug-likeness (QED) is 0.167. The fourth-order valence-corrected chi connectivity index (χ4v) is 9.54. The summed E-state index contributed by atoms with van der Waals surface area (Å²) < 4.78 is 110. The summed E-state index contributed by atoms with van der Waals surface area (Å²) in [6.07, 6.45) is -10.5. The molecule has 4 aromatic heterocycles. The highest BCUT2D eigenvalue weighted by Gasteiger charge is 2.43. The summed E-state index contributed by atoms with van der Waals surface area (Å²) in [7, 11) is 0. The molecule has 0 aliphatic rings. The Morgan fingerprint density at radius 1 is 0.419 bits per heavy atom. The summed E-state index contributed by atoms with van der Waals surface area (Å²) in [5, 5.41) is 16.4. The SMILES string of the molecule is N#Cc1cc(-n2c3ccccc3c3ccc4c5ccccc5oc4c32)c(-c2c(C(F)(F)F)cccc2C(F)(F)F)c(-n2c3ccccc3c3ccc4c5ccccc5oc4c32)c1. The first-order chi connectivity index (χ1) is 30.0. The fourth-order valence-electron chi connectivity index (χ4n) is 9.54. The fraction of sp³-hybridized carbons (Fsp3) is 0.0392. The van der Waals surface area contributed by atoms with E-state index in [1.54, 1.807) is 45.5 Å². The average molecular weight is 826 g/mol. The van der Waals surface area contributed by atoms with Crippen LogP contribution in [0, 0.1) is 11.3 Å². The predicted octanol–water partition coefficient (Wildman–Crippen LogP) is 15.3. The second kappa shape index (κ2) is 12.5. The molecule has 0 N–H and O–H groups in total. The molecule has 0 radical (unpaired) electrons. The van der Waals surface area contributed by atoms with Crippen LogP contribution < -0.4 is 0 Å². The van der Waals surface area contributed by atoms with Crippen molar-refractivity contribution in [2.24, 2.45) is 0 Å². The van der Waals surface area contributed by atoms with E-state index in [2.05, 4.69) is 6.07 Å². The Labute approximate surface area is 345 Å². The molecule has 0 saturated carbocycles. The van der Waals surface area contributed by atoms with Crippen molar-refractivity contribution >= 4 is 87.5 Å². The van der Waals surface area contributed by atoms with Gasteiger partial charge in [0.15, 0.2) is 11.2 Å². The third-order valence-corrected chi connectivity index (χ3v) is 12.0. The van der Waals surface area contributed by atoms with Crippen LogP contribution in [0.1, 0.15) is 16.7 Å². The van der Waals surface area contributed by atoms with E-state index in [4.69, 9.17) is 8.83 Å². The summed E-state index contributed by atoms with van der Waals surface area (Å²) in [6.45, 7) is 0. The van der Waals surface area contributed by atoms with Crippen molar-refractivity contribution < 1.29 is 35.2 Å². The van der Waals surface area contributed by atoms with Crippen LogP contribution in [-0.4, -0.2) is 9.13 Å². The summed E-state index contributed by atoms with van der Waals surface area (Å²) in [5.41, 5.74) is -1.11. The largest absolute Gasteiger partial charge is 0.454 e. The van der Waals surface area contributed by atoms with Gasteiger partial charge in [0.2, 0.25) is 0 Å². The molecule has 0 atom stereocenters. The molecule has 298 valence electrons. The third-order valence-electron chi connectivity index (χ3n) is 12.0. The standard InChI is InChI=1S/C51H25F6N3O2/c52-50(53,54)36-14-9-15-37(51(55,56)57)44(36)45-40(59-38-16-5-1-10-28(38)32-20-22-34-30-12-3-7-18-42(30)61-48(34)46(32)59)24-27(26-58)25-41(45)60-39-17-6-2-11-29(39)33-21-23-35-31-13-4-8-19-43(31)62-49(35)47(33)60/h1-25H. The topological polar surface area (TPSA) is 59.9 Å². The maximum atomic E-state index is 15.6. The number of nitriles is 1. The van der Waals surface area contributed by atoms with Gasteiger partial charge in [-0.1, -0.05) is 91.0 Å². The lowest BCUT2D eigenvalue weighted by molar-refractivity contribution is -0.142. The Kier molecular flexibility index (Phi) is 7.26. The minimum Gasteiger partial charge on any atom is -0.454 e. The molecule has 62 heavy (non-hydrogen) atoms. The van der Waals surface area contributed by atoms with E-state index in [0.717, 1.165) is 16.8 Å². The van der Waals surface area contributed by atoms with E-state index in [1.165, 1.54) is 12.1 Å². The Bertz CT molecular complexity index is 3690. The highest BCUT2D eigenvalue weighted by molar-refractivity contribution is 6.23. The summed E-state index contributed by atoms with van der Waals surface area (Å²) in [4.78, 5) is 0. The van der Waals surface area contributed by atoms with Gasteiger partial charge in [-0.15, -0.1) is 0 Å². The highest BCUT2D eigenvalue weighted by Crippen LogP contribution is 2.52. The van der Waals surface area contributed by atoms with Crippen LogP contribution in [0.3, 0.4) is 0 Å². The molecular weight excluding hydrogens is 801 g/mol. The molecule has 12 aromatic rings. The van der Waals surface area contributed by atoms with Crippen molar-refractivity contribution in [3.63, 3.8) is 0 Å². The number of furan rings is 2. The van der Waals surface area contributed by atoms with Gasteiger partial charge in [-0.05, 0) is 60.7 Å². The van der Waals surface area contributed by atoms with E-state index in [9.17, 15) is 5.26 Å². The van der Waals surface area contributed by atoms with Crippen LogP contribution in [0.4, 0.5) is 26.3 Å². The number of alkyl halides is 6. The van der Waals surface area contributed by atoms with Crippen LogP contribution in [0.2, 0.25) is 0 Å². The van der Waals surface area contributed by atoms with Gasteiger partial charge in [0.05, 0.1) is 56.2 Å². The first-order valence-corrected chi connectivity index (χ1v) is 19.5. The van der Waals surface area contributed by atoms with Gasteiger partial charge in [0, 0.05) is 54.2 Å². The third kappa shape index (κ3) is 4.92. The van der Waals surface area contributed by atoms with Gasteiger partial charge in [-0.3, -0.25) is 0 Å². The van der Waals surface area contributed by atoms with Crippen molar-refractivity contribution in [2.75, 3.05) is 0 Å². The van der Waals surface area contributed by atoms with Crippen LogP contribution in [0.5, 0.6) is 0 Å². The lowest BCUT2D eigenvalue weighted by Gasteiger charge is -2.25. The number of rotatable bonds is 3. The molecule has 12 rings (SSSR count). The zero-order valence-electron chi connectivity index (χ0n) is 31.9. The molecule has 11 heteroatoms. The first kappa shape index (κ1) is 35.9. The zero-order chi connectivity index (χ0) is 42.2. The van der Waals surface area contributed by atoms with E-state index >= 15 is 26.3 Å². The number of halogens is 6. The Morgan fingerprint density at radius 3 is 1.26 bits per heavy atom.